The van der Waals surface area contributed by atoms with Crippen molar-refractivity contribution in [2.45, 2.75) is 12.5 Å². The van der Waals surface area contributed by atoms with E-state index >= 15 is 0 Å². The summed E-state index contributed by atoms with van der Waals surface area (Å²) in [5.74, 6) is 0. The molecule has 0 saturated carbocycles. The molecule has 1 aromatic carbocycles. The molecule has 8 heteroatoms. The molecule has 1 atom stereocenters. The molecule has 0 spiro atoms. The number of urea groups is 1. The molecule has 0 aliphatic rings. The fraction of sp³-hybridized carbons (Fsp3) is 0.273. The monoisotopic (exact) mass is 305 g/mol. The van der Waals surface area contributed by atoms with Crippen molar-refractivity contribution < 1.29 is 14.3 Å². The van der Waals surface area contributed by atoms with Crippen molar-refractivity contribution in [3.05, 3.63) is 33.8 Å². The van der Waals surface area contributed by atoms with Crippen molar-refractivity contribution in [2.75, 3.05) is 6.61 Å². The van der Waals surface area contributed by atoms with Crippen LogP contribution in [0.5, 0.6) is 0 Å². The van der Waals surface area contributed by atoms with Gasteiger partial charge in [-0.05, 0) is 24.1 Å². The van der Waals surface area contributed by atoms with Gasteiger partial charge in [-0.2, -0.15) is 0 Å². The smallest absolute Gasteiger partial charge is 0.415 e. The van der Waals surface area contributed by atoms with Crippen LogP contribution in [0.25, 0.3) is 0 Å². The van der Waals surface area contributed by atoms with E-state index in [0.29, 0.717) is 16.5 Å². The average molecular weight is 306 g/mol. The van der Waals surface area contributed by atoms with Gasteiger partial charge in [0.15, 0.2) is 0 Å². The van der Waals surface area contributed by atoms with E-state index in [0.717, 1.165) is 5.56 Å². The normalized spacial score (nSPS) is 11.7. The highest BCUT2D eigenvalue weighted by Crippen LogP contribution is 2.21. The summed E-state index contributed by atoms with van der Waals surface area (Å²) in [6, 6.07) is 3.59. The largest absolute Gasteiger partial charge is 0.448 e. The van der Waals surface area contributed by atoms with Crippen molar-refractivity contribution in [2.24, 2.45) is 11.5 Å². The quantitative estimate of drug-likeness (QED) is 0.786. The van der Waals surface area contributed by atoms with E-state index in [2.05, 4.69) is 0 Å². The van der Waals surface area contributed by atoms with E-state index in [-0.39, 0.29) is 6.61 Å². The number of nitrogens with two attached hydrogens (primary N) is 2. The van der Waals surface area contributed by atoms with E-state index in [1.54, 1.807) is 23.5 Å². The predicted molar refractivity (Wildman–Crippen MR) is 72.2 cm³/mol. The number of amides is 3. The molecular formula is C11H13Cl2N3O3. The summed E-state index contributed by atoms with van der Waals surface area (Å²) < 4.78 is 4.71. The zero-order valence-electron chi connectivity index (χ0n) is 9.86. The third-order valence-electron chi connectivity index (χ3n) is 2.15. The number of carbonyl (C=O) groups excluding carboxylic acids is 2. The van der Waals surface area contributed by atoms with Crippen LogP contribution in [-0.2, 0) is 11.2 Å². The van der Waals surface area contributed by atoms with Gasteiger partial charge in [-0.1, -0.05) is 29.3 Å². The second-order valence-electron chi connectivity index (χ2n) is 3.79. The van der Waals surface area contributed by atoms with Crippen LogP contribution in [0.4, 0.5) is 9.59 Å². The number of hydrogen-bond donors (Lipinski definition) is 3. The van der Waals surface area contributed by atoms with Crippen LogP contribution in [0, 0.1) is 0 Å². The highest BCUT2D eigenvalue weighted by Gasteiger charge is 2.11. The van der Waals surface area contributed by atoms with Crippen LogP contribution in [0.3, 0.4) is 0 Å². The summed E-state index contributed by atoms with van der Waals surface area (Å²) in [6.45, 7) is -0.0714. The number of ether oxygens (including phenoxy) is 1. The lowest BCUT2D eigenvalue weighted by atomic mass is 10.1. The van der Waals surface area contributed by atoms with Crippen LogP contribution in [0.15, 0.2) is 18.2 Å². The van der Waals surface area contributed by atoms with Gasteiger partial charge in [0.2, 0.25) is 0 Å². The first-order valence-electron chi connectivity index (χ1n) is 5.31. The van der Waals surface area contributed by atoms with Gasteiger partial charge in [0.05, 0.1) is 0 Å². The van der Waals surface area contributed by atoms with Crippen LogP contribution >= 0.6 is 23.2 Å². The van der Waals surface area contributed by atoms with E-state index in [9.17, 15) is 9.59 Å². The van der Waals surface area contributed by atoms with E-state index in [1.165, 1.54) is 0 Å². The maximum Gasteiger partial charge on any atom is 0.415 e. The van der Waals surface area contributed by atoms with Gasteiger partial charge in [0.1, 0.15) is 6.61 Å². The Bertz CT molecular complexity index is 482. The number of benzene rings is 1. The number of nitrogens with one attached hydrogen (secondary N) is 1. The number of primary amides is 1. The van der Waals surface area contributed by atoms with Crippen molar-refractivity contribution >= 4 is 35.3 Å². The van der Waals surface area contributed by atoms with E-state index < -0.39 is 18.2 Å². The molecule has 0 bridgehead atoms. The molecule has 0 fully saturated rings. The molecule has 104 valence electrons. The second-order valence-corrected chi connectivity index (χ2v) is 4.63. The standard InChI is InChI=1S/C11H13Cl2N3O3/c12-7-2-1-6(9(13)4-7)3-8(14)5-19-11(18)16-10(15)17/h1-2,4,8H,3,5,14H2,(H3,15,16,17,18). The molecule has 6 nitrogen and oxygen atoms in total. The molecule has 0 saturated heterocycles. The molecular weight excluding hydrogens is 293 g/mol. The van der Waals surface area contributed by atoms with E-state index in [4.69, 9.17) is 39.4 Å². The molecule has 0 aliphatic carbocycles. The van der Waals surface area contributed by atoms with Crippen LogP contribution in [-0.4, -0.2) is 24.8 Å². The highest BCUT2D eigenvalue weighted by atomic mass is 35.5. The van der Waals surface area contributed by atoms with Gasteiger partial charge in [-0.15, -0.1) is 0 Å². The molecule has 0 aliphatic heterocycles. The van der Waals surface area contributed by atoms with Crippen LogP contribution in [0.2, 0.25) is 10.0 Å². The first kappa shape index (κ1) is 15.6. The van der Waals surface area contributed by atoms with Gasteiger partial charge in [0, 0.05) is 16.1 Å². The van der Waals surface area contributed by atoms with Gasteiger partial charge >= 0.3 is 12.1 Å². The molecule has 1 aromatic rings. The summed E-state index contributed by atoms with van der Waals surface area (Å²) in [6.07, 6.45) is -0.537. The van der Waals surface area contributed by atoms with Crippen LogP contribution < -0.4 is 16.8 Å². The number of hydrogen-bond acceptors (Lipinski definition) is 4. The Hall–Kier alpha value is -1.50. The van der Waals surface area contributed by atoms with E-state index in [1.807, 2.05) is 0 Å². The van der Waals surface area contributed by atoms with Gasteiger partial charge in [-0.25, -0.2) is 14.9 Å². The zero-order chi connectivity index (χ0) is 14.4. The fourth-order valence-electron chi connectivity index (χ4n) is 1.35. The molecule has 19 heavy (non-hydrogen) atoms. The number of carbonyl (C=O) groups is 2. The Labute approximate surface area is 120 Å². The number of imide groups is 1. The van der Waals surface area contributed by atoms with Gasteiger partial charge in [-0.3, -0.25) is 0 Å². The lowest BCUT2D eigenvalue weighted by Gasteiger charge is -2.13. The maximum absolute atomic E-state index is 11.0. The lowest BCUT2D eigenvalue weighted by Crippen LogP contribution is -2.38. The number of halogens is 2. The van der Waals surface area contributed by atoms with Crippen molar-refractivity contribution in [1.82, 2.24) is 5.32 Å². The fourth-order valence-corrected chi connectivity index (χ4v) is 1.83. The maximum atomic E-state index is 11.0. The molecule has 1 unspecified atom stereocenters. The average Bonchev–Trinajstić information content (AvgIpc) is 2.29. The zero-order valence-corrected chi connectivity index (χ0v) is 11.4. The topological polar surface area (TPSA) is 107 Å². The van der Waals surface area contributed by atoms with Gasteiger partial charge < -0.3 is 16.2 Å². The first-order chi connectivity index (χ1) is 8.88. The minimum Gasteiger partial charge on any atom is -0.448 e. The number of alkyl carbamates (subject to hydrolysis) is 1. The van der Waals surface area contributed by atoms with Crippen molar-refractivity contribution in [1.29, 1.82) is 0 Å². The van der Waals surface area contributed by atoms with Crippen LogP contribution in [0.1, 0.15) is 5.56 Å². The van der Waals surface area contributed by atoms with Crippen molar-refractivity contribution in [3.63, 3.8) is 0 Å². The highest BCUT2D eigenvalue weighted by molar-refractivity contribution is 6.35. The SMILES string of the molecule is NC(=O)NC(=O)OCC(N)Cc1ccc(Cl)cc1Cl. The third-order valence-corrected chi connectivity index (χ3v) is 2.74. The summed E-state index contributed by atoms with van der Waals surface area (Å²) in [5, 5.41) is 2.78. The minimum absolute atomic E-state index is 0.0714. The summed E-state index contributed by atoms with van der Waals surface area (Å²) in [7, 11) is 0. The molecule has 0 radical (unpaired) electrons. The summed E-state index contributed by atoms with van der Waals surface area (Å²) in [5.41, 5.74) is 11.3. The Kier molecular flexibility index (Phi) is 5.88. The first-order valence-corrected chi connectivity index (χ1v) is 6.07. The lowest BCUT2D eigenvalue weighted by molar-refractivity contribution is 0.140. The Morgan fingerprint density at radius 2 is 2.05 bits per heavy atom. The second kappa shape index (κ2) is 7.18. The molecule has 0 heterocycles. The Balaban J connectivity index is 2.44. The molecule has 0 aromatic heterocycles. The molecule has 5 N–H and O–H groups in total. The predicted octanol–water partition coefficient (Wildman–Crippen LogP) is 1.67. The summed E-state index contributed by atoms with van der Waals surface area (Å²) >= 11 is 11.8. The minimum atomic E-state index is -0.987. The summed E-state index contributed by atoms with van der Waals surface area (Å²) in [4.78, 5) is 21.4. The number of rotatable bonds is 4. The Morgan fingerprint density at radius 3 is 2.63 bits per heavy atom. The van der Waals surface area contributed by atoms with Gasteiger partial charge in [0.25, 0.3) is 0 Å². The molecule has 3 amide bonds. The molecule has 1 rings (SSSR count). The third kappa shape index (κ3) is 5.78. The Morgan fingerprint density at radius 1 is 1.37 bits per heavy atom. The van der Waals surface area contributed by atoms with Crippen molar-refractivity contribution in [3.8, 4) is 0 Å².